The van der Waals surface area contributed by atoms with Crippen molar-refractivity contribution in [2.24, 2.45) is 0 Å². The zero-order valence-electron chi connectivity index (χ0n) is 14.3. The molecule has 3 heterocycles. The van der Waals surface area contributed by atoms with Gasteiger partial charge in [0.1, 0.15) is 11.3 Å². The van der Waals surface area contributed by atoms with E-state index in [0.29, 0.717) is 18.9 Å². The Morgan fingerprint density at radius 2 is 1.96 bits per heavy atom. The summed E-state index contributed by atoms with van der Waals surface area (Å²) in [5.74, 6) is 0.996. The number of fused-ring (bicyclic) bond motifs is 2. The summed E-state index contributed by atoms with van der Waals surface area (Å²) in [5, 5.41) is 5.52. The maximum absolute atomic E-state index is 12.4. The fourth-order valence-electron chi connectivity index (χ4n) is 3.22. The Hall–Kier alpha value is -2.86. The quantitative estimate of drug-likeness (QED) is 0.562. The highest BCUT2D eigenvalue weighted by Gasteiger charge is 2.15. The molecule has 0 radical (unpaired) electrons. The van der Waals surface area contributed by atoms with E-state index >= 15 is 0 Å². The highest BCUT2D eigenvalue weighted by molar-refractivity contribution is 5.82. The number of pyridine rings is 1. The molecule has 0 saturated heterocycles. The van der Waals surface area contributed by atoms with Gasteiger partial charge in [0.05, 0.1) is 6.67 Å². The highest BCUT2D eigenvalue weighted by Crippen LogP contribution is 2.27. The van der Waals surface area contributed by atoms with Crippen molar-refractivity contribution in [1.82, 2.24) is 19.1 Å². The molecule has 0 atom stereocenters. The Labute approximate surface area is 144 Å². The molecular formula is C19H20N4O2. The van der Waals surface area contributed by atoms with E-state index < -0.39 is 0 Å². The summed E-state index contributed by atoms with van der Waals surface area (Å²) in [4.78, 5) is 14.5. The van der Waals surface area contributed by atoms with Crippen molar-refractivity contribution in [3.05, 3.63) is 70.5 Å². The molecule has 0 unspecified atom stereocenters. The van der Waals surface area contributed by atoms with E-state index in [9.17, 15) is 4.79 Å². The lowest BCUT2D eigenvalue weighted by atomic mass is 10.1. The molecule has 0 fully saturated rings. The maximum Gasteiger partial charge on any atom is 0.351 e. The summed E-state index contributed by atoms with van der Waals surface area (Å²) in [6, 6.07) is 13.6. The zero-order chi connectivity index (χ0) is 17.4. The van der Waals surface area contributed by atoms with E-state index in [4.69, 9.17) is 4.42 Å². The molecule has 3 aromatic heterocycles. The van der Waals surface area contributed by atoms with Gasteiger partial charge in [0.15, 0.2) is 5.65 Å². The minimum Gasteiger partial charge on any atom is -0.461 e. The fourth-order valence-corrected chi connectivity index (χ4v) is 3.22. The van der Waals surface area contributed by atoms with Crippen LogP contribution in [0.2, 0.25) is 0 Å². The van der Waals surface area contributed by atoms with Gasteiger partial charge < -0.3 is 4.42 Å². The van der Waals surface area contributed by atoms with Gasteiger partial charge in [-0.2, -0.15) is 4.68 Å². The number of aryl methyl sites for hydroxylation is 1. The van der Waals surface area contributed by atoms with Crippen LogP contribution in [0.15, 0.2) is 57.9 Å². The molecule has 0 aliphatic heterocycles. The standard InChI is InChI=1S/C19H20N4O2/c1-3-16-15(14-8-4-5-9-17(14)25-16)12-21(2)13-23-19(24)22-11-7-6-10-18(22)20-23/h4-11H,3,12-13H2,1-2H3. The van der Waals surface area contributed by atoms with Crippen molar-refractivity contribution in [2.75, 3.05) is 7.05 Å². The van der Waals surface area contributed by atoms with Crippen LogP contribution in [0, 0.1) is 0 Å². The lowest BCUT2D eigenvalue weighted by molar-refractivity contribution is 0.241. The second-order valence-electron chi connectivity index (χ2n) is 6.22. The molecule has 0 aliphatic carbocycles. The lowest BCUT2D eigenvalue weighted by Crippen LogP contribution is -2.30. The summed E-state index contributed by atoms with van der Waals surface area (Å²) in [6.07, 6.45) is 2.58. The molecule has 6 nitrogen and oxygen atoms in total. The van der Waals surface area contributed by atoms with Crippen LogP contribution in [0.25, 0.3) is 16.6 Å². The Morgan fingerprint density at radius 1 is 1.16 bits per heavy atom. The first-order valence-electron chi connectivity index (χ1n) is 8.39. The molecule has 0 amide bonds. The summed E-state index contributed by atoms with van der Waals surface area (Å²) in [7, 11) is 1.98. The van der Waals surface area contributed by atoms with Gasteiger partial charge in [-0.15, -0.1) is 5.10 Å². The average molecular weight is 336 g/mol. The summed E-state index contributed by atoms with van der Waals surface area (Å²) < 4.78 is 9.00. The van der Waals surface area contributed by atoms with E-state index in [0.717, 1.165) is 23.2 Å². The molecule has 0 spiro atoms. The third-order valence-corrected chi connectivity index (χ3v) is 4.39. The lowest BCUT2D eigenvalue weighted by Gasteiger charge is -2.16. The molecule has 0 saturated carbocycles. The van der Waals surface area contributed by atoms with Crippen LogP contribution in [0.5, 0.6) is 0 Å². The number of hydrogen-bond acceptors (Lipinski definition) is 4. The highest BCUT2D eigenvalue weighted by atomic mass is 16.3. The van der Waals surface area contributed by atoms with E-state index in [1.807, 2.05) is 43.4 Å². The van der Waals surface area contributed by atoms with Crippen LogP contribution in [0.4, 0.5) is 0 Å². The molecular weight excluding hydrogens is 316 g/mol. The second-order valence-corrected chi connectivity index (χ2v) is 6.22. The van der Waals surface area contributed by atoms with Gasteiger partial charge in [0, 0.05) is 30.1 Å². The van der Waals surface area contributed by atoms with Crippen LogP contribution in [-0.2, 0) is 19.6 Å². The van der Waals surface area contributed by atoms with Crippen LogP contribution in [-0.4, -0.2) is 26.1 Å². The number of hydrogen-bond donors (Lipinski definition) is 0. The first-order valence-corrected chi connectivity index (χ1v) is 8.39. The van der Waals surface area contributed by atoms with Crippen molar-refractivity contribution in [2.45, 2.75) is 26.6 Å². The smallest absolute Gasteiger partial charge is 0.351 e. The van der Waals surface area contributed by atoms with Crippen molar-refractivity contribution in [3.8, 4) is 0 Å². The van der Waals surface area contributed by atoms with Gasteiger partial charge in [0.2, 0.25) is 0 Å². The first-order chi connectivity index (χ1) is 12.2. The zero-order valence-corrected chi connectivity index (χ0v) is 14.3. The third kappa shape index (κ3) is 2.74. The van der Waals surface area contributed by atoms with Crippen molar-refractivity contribution >= 4 is 16.6 Å². The maximum atomic E-state index is 12.4. The van der Waals surface area contributed by atoms with Crippen LogP contribution in [0.1, 0.15) is 18.2 Å². The molecule has 0 N–H and O–H groups in total. The topological polar surface area (TPSA) is 55.7 Å². The number of para-hydroxylation sites is 1. The van der Waals surface area contributed by atoms with E-state index in [1.54, 1.807) is 10.6 Å². The van der Waals surface area contributed by atoms with Gasteiger partial charge in [0.25, 0.3) is 0 Å². The largest absolute Gasteiger partial charge is 0.461 e. The second kappa shape index (κ2) is 6.22. The number of nitrogens with zero attached hydrogens (tertiary/aromatic N) is 4. The van der Waals surface area contributed by atoms with Crippen LogP contribution >= 0.6 is 0 Å². The fraction of sp³-hybridized carbons (Fsp3) is 0.263. The van der Waals surface area contributed by atoms with Gasteiger partial charge in [-0.05, 0) is 25.2 Å². The minimum absolute atomic E-state index is 0.129. The molecule has 1 aromatic carbocycles. The van der Waals surface area contributed by atoms with Gasteiger partial charge >= 0.3 is 5.69 Å². The molecule has 4 rings (SSSR count). The molecule has 4 aromatic rings. The van der Waals surface area contributed by atoms with Crippen molar-refractivity contribution in [1.29, 1.82) is 0 Å². The number of furan rings is 1. The van der Waals surface area contributed by atoms with Gasteiger partial charge in [-0.1, -0.05) is 31.2 Å². The van der Waals surface area contributed by atoms with Crippen molar-refractivity contribution < 1.29 is 4.42 Å². The third-order valence-electron chi connectivity index (χ3n) is 4.39. The molecule has 6 heteroatoms. The van der Waals surface area contributed by atoms with E-state index in [-0.39, 0.29) is 5.69 Å². The predicted octanol–water partition coefficient (Wildman–Crippen LogP) is 2.89. The average Bonchev–Trinajstić information content (AvgIpc) is 3.13. The molecule has 0 bridgehead atoms. The molecule has 0 aliphatic rings. The summed E-state index contributed by atoms with van der Waals surface area (Å²) in [5.41, 5.74) is 2.61. The Balaban J connectivity index is 1.63. The Morgan fingerprint density at radius 3 is 2.76 bits per heavy atom. The minimum atomic E-state index is -0.129. The van der Waals surface area contributed by atoms with Crippen LogP contribution in [0.3, 0.4) is 0 Å². The normalized spacial score (nSPS) is 11.8. The monoisotopic (exact) mass is 336 g/mol. The predicted molar refractivity (Wildman–Crippen MR) is 96.5 cm³/mol. The van der Waals surface area contributed by atoms with E-state index in [2.05, 4.69) is 23.0 Å². The number of aromatic nitrogens is 3. The van der Waals surface area contributed by atoms with Gasteiger partial charge in [-0.3, -0.25) is 9.30 Å². The molecule has 25 heavy (non-hydrogen) atoms. The van der Waals surface area contributed by atoms with Gasteiger partial charge in [-0.25, -0.2) is 4.79 Å². The van der Waals surface area contributed by atoms with E-state index in [1.165, 1.54) is 10.2 Å². The van der Waals surface area contributed by atoms with Crippen LogP contribution < -0.4 is 5.69 Å². The summed E-state index contributed by atoms with van der Waals surface area (Å²) in [6.45, 7) is 3.21. The number of benzene rings is 1. The number of rotatable bonds is 5. The first kappa shape index (κ1) is 15.7. The van der Waals surface area contributed by atoms with Crippen molar-refractivity contribution in [3.63, 3.8) is 0 Å². The summed E-state index contributed by atoms with van der Waals surface area (Å²) >= 11 is 0. The SMILES string of the molecule is CCc1oc2ccccc2c1CN(C)Cn1nc2ccccn2c1=O. The molecule has 128 valence electrons. The Bertz CT molecular complexity index is 1090. The Kier molecular flexibility index (Phi) is 3.89.